The molecule has 1 saturated heterocycles. The highest BCUT2D eigenvalue weighted by molar-refractivity contribution is 8.27. The monoisotopic (exact) mass is 486 g/mol. The molecule has 1 saturated carbocycles. The number of ether oxygens (including phenoxy) is 1. The van der Waals surface area contributed by atoms with Crippen LogP contribution in [0.25, 0.3) is 0 Å². The molecule has 3 heterocycles. The molecule has 1 aromatic heterocycles. The van der Waals surface area contributed by atoms with E-state index in [1.165, 1.54) is 5.57 Å². The zero-order valence-electron chi connectivity index (χ0n) is 20.7. The first-order valence-electron chi connectivity index (χ1n) is 12.5. The Hall–Kier alpha value is -1.81. The summed E-state index contributed by atoms with van der Waals surface area (Å²) in [6, 6.07) is 2.28. The number of aliphatic hydroxyl groups is 1. The van der Waals surface area contributed by atoms with Crippen molar-refractivity contribution in [3.05, 3.63) is 23.4 Å². The van der Waals surface area contributed by atoms with Crippen LogP contribution in [0.1, 0.15) is 57.6 Å². The number of aromatic nitrogens is 2. The molecule has 2 N–H and O–H groups in total. The van der Waals surface area contributed by atoms with Crippen LogP contribution < -0.4 is 5.32 Å². The molecule has 0 radical (unpaired) electrons. The first-order valence-corrected chi connectivity index (χ1v) is 13.3. The number of hydrogen-bond donors (Lipinski definition) is 2. The van der Waals surface area contributed by atoms with Crippen LogP contribution in [0.2, 0.25) is 0 Å². The molecule has 0 bridgehead atoms. The van der Waals surface area contributed by atoms with E-state index in [2.05, 4.69) is 30.3 Å². The van der Waals surface area contributed by atoms with Gasteiger partial charge >= 0.3 is 0 Å². The van der Waals surface area contributed by atoms with Gasteiger partial charge in [-0.1, -0.05) is 24.8 Å². The average molecular weight is 487 g/mol. The fraction of sp³-hybridized carbons (Fsp3) is 0.680. The molecule has 4 rings (SSSR count). The normalized spacial score (nSPS) is 26.6. The molecule has 186 valence electrons. The molecule has 1 aliphatic carbocycles. The van der Waals surface area contributed by atoms with Gasteiger partial charge in [0, 0.05) is 38.9 Å². The largest absolute Gasteiger partial charge is 0.393 e. The third-order valence-corrected chi connectivity index (χ3v) is 7.77. The number of fused-ring (bicyclic) bond motifs is 1. The SMILES string of the molecule is COCCN(C)Cc1cc(N=C2CCC(C)C3=CCCN=C3S2)nc(NC2CCC(O)CC2)n1. The molecule has 8 nitrogen and oxygen atoms in total. The molecule has 1 aromatic rings. The van der Waals surface area contributed by atoms with Crippen LogP contribution in [0, 0.1) is 5.92 Å². The van der Waals surface area contributed by atoms with E-state index in [4.69, 9.17) is 24.7 Å². The summed E-state index contributed by atoms with van der Waals surface area (Å²) in [5, 5.41) is 15.6. The Balaban J connectivity index is 1.56. The van der Waals surface area contributed by atoms with Gasteiger partial charge in [0.15, 0.2) is 5.82 Å². The number of dihydropyridines is 1. The van der Waals surface area contributed by atoms with Crippen molar-refractivity contribution in [3.8, 4) is 0 Å². The topological polar surface area (TPSA) is 95.2 Å². The van der Waals surface area contributed by atoms with Crippen molar-refractivity contribution in [2.24, 2.45) is 15.9 Å². The predicted molar refractivity (Wildman–Crippen MR) is 140 cm³/mol. The van der Waals surface area contributed by atoms with Crippen LogP contribution in [0.15, 0.2) is 27.7 Å². The highest BCUT2D eigenvalue weighted by Crippen LogP contribution is 2.34. The van der Waals surface area contributed by atoms with Crippen molar-refractivity contribution in [2.75, 3.05) is 39.2 Å². The number of rotatable bonds is 8. The summed E-state index contributed by atoms with van der Waals surface area (Å²) in [6.45, 7) is 5.36. The summed E-state index contributed by atoms with van der Waals surface area (Å²) in [5.41, 5.74) is 2.32. The highest BCUT2D eigenvalue weighted by Gasteiger charge is 2.25. The predicted octanol–water partition coefficient (Wildman–Crippen LogP) is 4.19. The third kappa shape index (κ3) is 7.10. The number of thioether (sulfide) groups is 1. The van der Waals surface area contributed by atoms with Crippen molar-refractivity contribution < 1.29 is 9.84 Å². The van der Waals surface area contributed by atoms with Gasteiger partial charge in [-0.2, -0.15) is 4.98 Å². The minimum absolute atomic E-state index is 0.182. The standard InChI is InChI=1S/C25H38N6O2S/c1-17-6-11-23(34-24-21(17)5-4-12-26-24)29-22-15-19(16-31(2)13-14-33-3)28-25(30-22)27-18-7-9-20(32)10-8-18/h5,15,17-18,20,32H,4,6-14,16H2,1-3H3,(H,27,28,30). The zero-order chi connectivity index (χ0) is 23.9. The fourth-order valence-electron chi connectivity index (χ4n) is 4.62. The summed E-state index contributed by atoms with van der Waals surface area (Å²) in [7, 11) is 3.79. The third-order valence-electron chi connectivity index (χ3n) is 6.68. The molecule has 9 heteroatoms. The van der Waals surface area contributed by atoms with E-state index in [1.54, 1.807) is 18.9 Å². The molecule has 1 atom stereocenters. The Morgan fingerprint density at radius 1 is 1.24 bits per heavy atom. The van der Waals surface area contributed by atoms with Crippen LogP contribution in [0.3, 0.4) is 0 Å². The van der Waals surface area contributed by atoms with Gasteiger partial charge in [-0.25, -0.2) is 9.98 Å². The van der Waals surface area contributed by atoms with Crippen LogP contribution in [-0.2, 0) is 11.3 Å². The molecular weight excluding hydrogens is 448 g/mol. The van der Waals surface area contributed by atoms with E-state index in [1.807, 2.05) is 6.07 Å². The lowest BCUT2D eigenvalue weighted by Gasteiger charge is -2.26. The second kappa shape index (κ2) is 12.2. The Bertz CT molecular complexity index is 926. The van der Waals surface area contributed by atoms with Crippen LogP contribution in [0.4, 0.5) is 11.8 Å². The first kappa shape index (κ1) is 25.3. The maximum absolute atomic E-state index is 9.85. The van der Waals surface area contributed by atoms with Crippen molar-refractivity contribution in [2.45, 2.75) is 70.6 Å². The van der Waals surface area contributed by atoms with Crippen molar-refractivity contribution in [1.82, 2.24) is 14.9 Å². The molecule has 1 unspecified atom stereocenters. The molecule has 34 heavy (non-hydrogen) atoms. The zero-order valence-corrected chi connectivity index (χ0v) is 21.5. The van der Waals surface area contributed by atoms with Crippen LogP contribution in [-0.4, -0.2) is 76.1 Å². The van der Waals surface area contributed by atoms with Gasteiger partial charge in [0.05, 0.1) is 28.5 Å². The van der Waals surface area contributed by atoms with E-state index >= 15 is 0 Å². The van der Waals surface area contributed by atoms with Gasteiger partial charge in [-0.3, -0.25) is 9.89 Å². The number of aliphatic hydroxyl groups excluding tert-OH is 1. The molecular formula is C25H38N6O2S. The lowest BCUT2D eigenvalue weighted by Crippen LogP contribution is -2.29. The summed E-state index contributed by atoms with van der Waals surface area (Å²) in [4.78, 5) is 21.6. The highest BCUT2D eigenvalue weighted by atomic mass is 32.2. The quantitative estimate of drug-likeness (QED) is 0.569. The Morgan fingerprint density at radius 2 is 2.06 bits per heavy atom. The van der Waals surface area contributed by atoms with Crippen LogP contribution >= 0.6 is 11.8 Å². The number of anilines is 1. The fourth-order valence-corrected chi connectivity index (χ4v) is 5.76. The lowest BCUT2D eigenvalue weighted by molar-refractivity contribution is 0.126. The lowest BCUT2D eigenvalue weighted by atomic mass is 9.93. The van der Waals surface area contributed by atoms with Gasteiger partial charge < -0.3 is 15.2 Å². The smallest absolute Gasteiger partial charge is 0.225 e. The van der Waals surface area contributed by atoms with Crippen molar-refractivity contribution in [3.63, 3.8) is 0 Å². The summed E-state index contributed by atoms with van der Waals surface area (Å²) in [6.07, 6.45) is 8.70. The second-order valence-electron chi connectivity index (χ2n) is 9.60. The summed E-state index contributed by atoms with van der Waals surface area (Å²) >= 11 is 1.70. The van der Waals surface area contributed by atoms with E-state index in [0.29, 0.717) is 30.8 Å². The Kier molecular flexibility index (Phi) is 9.10. The minimum atomic E-state index is -0.182. The maximum atomic E-state index is 9.85. The molecule has 3 aliphatic rings. The van der Waals surface area contributed by atoms with Gasteiger partial charge in [-0.05, 0) is 63.5 Å². The first-order chi connectivity index (χ1) is 16.5. The molecule has 2 fully saturated rings. The van der Waals surface area contributed by atoms with Crippen molar-refractivity contribution in [1.29, 1.82) is 0 Å². The number of nitrogens with one attached hydrogen (secondary N) is 1. The molecule has 2 aliphatic heterocycles. The average Bonchev–Trinajstić information content (AvgIpc) is 2.98. The van der Waals surface area contributed by atoms with Gasteiger partial charge in [0.1, 0.15) is 0 Å². The summed E-state index contributed by atoms with van der Waals surface area (Å²) < 4.78 is 5.22. The Morgan fingerprint density at radius 3 is 2.85 bits per heavy atom. The van der Waals surface area contributed by atoms with Gasteiger partial charge in [0.25, 0.3) is 0 Å². The molecule has 0 aromatic carbocycles. The number of methoxy groups -OCH3 is 1. The minimum Gasteiger partial charge on any atom is -0.393 e. The maximum Gasteiger partial charge on any atom is 0.225 e. The molecule has 0 amide bonds. The number of nitrogens with zero attached hydrogens (tertiary/aromatic N) is 5. The number of likely N-dealkylation sites (N-methyl/N-ethyl adjacent to an activating group) is 1. The van der Waals surface area contributed by atoms with Crippen LogP contribution in [0.5, 0.6) is 0 Å². The number of hydrogen-bond acceptors (Lipinski definition) is 9. The summed E-state index contributed by atoms with van der Waals surface area (Å²) in [5.74, 6) is 1.83. The van der Waals surface area contributed by atoms with E-state index in [0.717, 1.165) is 73.8 Å². The van der Waals surface area contributed by atoms with Gasteiger partial charge in [0.2, 0.25) is 5.95 Å². The van der Waals surface area contributed by atoms with E-state index < -0.39 is 0 Å². The van der Waals surface area contributed by atoms with Gasteiger partial charge in [-0.15, -0.1) is 0 Å². The Labute approximate surface area is 207 Å². The van der Waals surface area contributed by atoms with Crippen molar-refractivity contribution >= 4 is 33.6 Å². The van der Waals surface area contributed by atoms with E-state index in [-0.39, 0.29) is 12.1 Å². The van der Waals surface area contributed by atoms with E-state index in [9.17, 15) is 5.11 Å². The molecule has 0 spiro atoms. The second-order valence-corrected chi connectivity index (χ2v) is 10.7. The number of aliphatic imine (C=N–C) groups is 2.